The van der Waals surface area contributed by atoms with Crippen LogP contribution in [0.15, 0.2) is 0 Å². The van der Waals surface area contributed by atoms with Crippen molar-refractivity contribution < 1.29 is 26.8 Å². The third kappa shape index (κ3) is 9.84. The van der Waals surface area contributed by atoms with E-state index < -0.39 is 0 Å². The van der Waals surface area contributed by atoms with Gasteiger partial charge in [-0.15, -0.1) is 0 Å². The zero-order valence-corrected chi connectivity index (χ0v) is 7.04. The molecular formula is C6H14OTi. The van der Waals surface area contributed by atoms with Crippen molar-refractivity contribution in [2.45, 2.75) is 32.6 Å². The molecule has 0 radical (unpaired) electrons. The molecule has 0 aromatic rings. The van der Waals surface area contributed by atoms with E-state index in [0.717, 1.165) is 6.42 Å². The first-order valence-electron chi connectivity index (χ1n) is 3.02. The summed E-state index contributed by atoms with van der Waals surface area (Å²) in [7, 11) is 0. The van der Waals surface area contributed by atoms with Gasteiger partial charge in [0, 0.05) is 28.3 Å². The van der Waals surface area contributed by atoms with Crippen molar-refractivity contribution in [2.75, 3.05) is 6.61 Å². The van der Waals surface area contributed by atoms with Crippen molar-refractivity contribution in [2.24, 2.45) is 0 Å². The normalized spacial score (nSPS) is 8.25. The van der Waals surface area contributed by atoms with Crippen LogP contribution in [-0.2, 0) is 21.7 Å². The van der Waals surface area contributed by atoms with Gasteiger partial charge >= 0.3 is 0 Å². The van der Waals surface area contributed by atoms with Crippen molar-refractivity contribution >= 4 is 0 Å². The average molecular weight is 150 g/mol. The Labute approximate surface area is 66.4 Å². The second-order valence-corrected chi connectivity index (χ2v) is 1.78. The van der Waals surface area contributed by atoms with Crippen LogP contribution in [0.2, 0.25) is 0 Å². The quantitative estimate of drug-likeness (QED) is 0.476. The predicted octanol–water partition coefficient (Wildman–Crippen LogP) is 1.56. The molecule has 0 amide bonds. The van der Waals surface area contributed by atoms with Gasteiger partial charge < -0.3 is 5.11 Å². The molecule has 0 bridgehead atoms. The molecule has 0 atom stereocenters. The summed E-state index contributed by atoms with van der Waals surface area (Å²) in [5.41, 5.74) is 0. The second kappa shape index (κ2) is 10.6. The Morgan fingerprint density at radius 3 is 2.12 bits per heavy atom. The van der Waals surface area contributed by atoms with Crippen LogP contribution in [0.5, 0.6) is 0 Å². The third-order valence-corrected chi connectivity index (χ3v) is 1.01. The third-order valence-electron chi connectivity index (χ3n) is 1.01. The molecule has 0 aliphatic rings. The standard InChI is InChI=1S/C6H14O.Ti/c1-2-3-4-5-6-7;/h7H,2-6H2,1H3;. The number of hydrogen-bond donors (Lipinski definition) is 1. The molecule has 1 nitrogen and oxygen atoms in total. The van der Waals surface area contributed by atoms with Gasteiger partial charge in [0.15, 0.2) is 0 Å². The topological polar surface area (TPSA) is 20.2 Å². The van der Waals surface area contributed by atoms with E-state index in [-0.39, 0.29) is 21.7 Å². The van der Waals surface area contributed by atoms with Crippen LogP contribution in [-0.4, -0.2) is 11.7 Å². The maximum atomic E-state index is 8.29. The molecule has 0 spiro atoms. The van der Waals surface area contributed by atoms with Crippen molar-refractivity contribution in [3.63, 3.8) is 0 Å². The minimum atomic E-state index is 0. The zero-order chi connectivity index (χ0) is 5.54. The van der Waals surface area contributed by atoms with E-state index in [0.29, 0.717) is 6.61 Å². The van der Waals surface area contributed by atoms with Crippen molar-refractivity contribution in [3.05, 3.63) is 0 Å². The Bertz CT molecular complexity index is 27.7. The van der Waals surface area contributed by atoms with E-state index in [4.69, 9.17) is 5.11 Å². The number of hydrogen-bond acceptors (Lipinski definition) is 1. The smallest absolute Gasteiger partial charge is 0.0431 e. The first-order chi connectivity index (χ1) is 3.41. The second-order valence-electron chi connectivity index (χ2n) is 1.78. The van der Waals surface area contributed by atoms with E-state index in [9.17, 15) is 0 Å². The van der Waals surface area contributed by atoms with Crippen molar-refractivity contribution in [1.82, 2.24) is 0 Å². The van der Waals surface area contributed by atoms with Crippen molar-refractivity contribution in [1.29, 1.82) is 0 Å². The fourth-order valence-corrected chi connectivity index (χ4v) is 0.539. The maximum Gasteiger partial charge on any atom is 0.0431 e. The maximum absolute atomic E-state index is 8.29. The number of aliphatic hydroxyl groups is 1. The monoisotopic (exact) mass is 150 g/mol. The van der Waals surface area contributed by atoms with Crippen LogP contribution < -0.4 is 0 Å². The number of unbranched alkanes of at least 4 members (excludes halogenated alkanes) is 3. The molecule has 48 valence electrons. The molecule has 0 rings (SSSR count). The van der Waals surface area contributed by atoms with Gasteiger partial charge in [-0.1, -0.05) is 26.2 Å². The molecule has 0 unspecified atom stereocenters. The molecule has 1 N–H and O–H groups in total. The molecule has 0 aromatic heterocycles. The molecule has 0 aliphatic carbocycles. The molecule has 0 aliphatic heterocycles. The van der Waals surface area contributed by atoms with Gasteiger partial charge in [-0.2, -0.15) is 0 Å². The molecular weight excluding hydrogens is 136 g/mol. The molecule has 2 heteroatoms. The van der Waals surface area contributed by atoms with E-state index in [1.54, 1.807) is 0 Å². The van der Waals surface area contributed by atoms with Gasteiger partial charge in [0.25, 0.3) is 0 Å². The Hall–Kier alpha value is 0.674. The summed E-state index contributed by atoms with van der Waals surface area (Å²) < 4.78 is 0. The first kappa shape index (κ1) is 11.5. The van der Waals surface area contributed by atoms with Gasteiger partial charge in [-0.3, -0.25) is 0 Å². The summed E-state index contributed by atoms with van der Waals surface area (Å²) in [5, 5.41) is 8.29. The summed E-state index contributed by atoms with van der Waals surface area (Å²) in [5.74, 6) is 0. The van der Waals surface area contributed by atoms with Crippen LogP contribution >= 0.6 is 0 Å². The average Bonchev–Trinajstić information content (AvgIpc) is 1.69. The summed E-state index contributed by atoms with van der Waals surface area (Å²) in [4.78, 5) is 0. The molecule has 0 aromatic carbocycles. The largest absolute Gasteiger partial charge is 0.396 e. The summed E-state index contributed by atoms with van der Waals surface area (Å²) >= 11 is 0. The Morgan fingerprint density at radius 2 is 1.75 bits per heavy atom. The Morgan fingerprint density at radius 1 is 1.12 bits per heavy atom. The van der Waals surface area contributed by atoms with Crippen LogP contribution in [0.4, 0.5) is 0 Å². The minimum Gasteiger partial charge on any atom is -0.396 e. The van der Waals surface area contributed by atoms with Gasteiger partial charge in [0.05, 0.1) is 0 Å². The zero-order valence-electron chi connectivity index (χ0n) is 5.48. The van der Waals surface area contributed by atoms with E-state index in [1.807, 2.05) is 0 Å². The van der Waals surface area contributed by atoms with Crippen molar-refractivity contribution in [3.8, 4) is 0 Å². The predicted molar refractivity (Wildman–Crippen MR) is 31.2 cm³/mol. The summed E-state index contributed by atoms with van der Waals surface area (Å²) in [6, 6.07) is 0. The fraction of sp³-hybridized carbons (Fsp3) is 1.00. The minimum absolute atomic E-state index is 0. The molecule has 0 saturated heterocycles. The van der Waals surface area contributed by atoms with Gasteiger partial charge in [0.2, 0.25) is 0 Å². The molecule has 0 fully saturated rings. The van der Waals surface area contributed by atoms with Crippen LogP contribution in [0.3, 0.4) is 0 Å². The van der Waals surface area contributed by atoms with Crippen LogP contribution in [0.1, 0.15) is 32.6 Å². The SMILES string of the molecule is CCCCCCO.[Ti]. The van der Waals surface area contributed by atoms with E-state index in [2.05, 4.69) is 6.92 Å². The van der Waals surface area contributed by atoms with E-state index in [1.165, 1.54) is 19.3 Å². The van der Waals surface area contributed by atoms with Gasteiger partial charge in [0.1, 0.15) is 0 Å². The van der Waals surface area contributed by atoms with Gasteiger partial charge in [-0.25, -0.2) is 0 Å². The molecule has 0 saturated carbocycles. The Balaban J connectivity index is 0. The number of rotatable bonds is 4. The Kier molecular flexibility index (Phi) is 15.2. The summed E-state index contributed by atoms with van der Waals surface area (Å²) in [6.07, 6.45) is 4.68. The summed E-state index contributed by atoms with van der Waals surface area (Å²) in [6.45, 7) is 2.53. The number of aliphatic hydroxyl groups excluding tert-OH is 1. The van der Waals surface area contributed by atoms with Gasteiger partial charge in [-0.05, 0) is 6.42 Å². The van der Waals surface area contributed by atoms with E-state index >= 15 is 0 Å². The van der Waals surface area contributed by atoms with Crippen LogP contribution in [0, 0.1) is 0 Å². The molecule has 8 heavy (non-hydrogen) atoms. The fourth-order valence-electron chi connectivity index (χ4n) is 0.539. The molecule has 0 heterocycles. The first-order valence-corrected chi connectivity index (χ1v) is 3.02. The van der Waals surface area contributed by atoms with Crippen LogP contribution in [0.25, 0.3) is 0 Å².